The monoisotopic (exact) mass is 447 g/mol. The van der Waals surface area contributed by atoms with Crippen molar-refractivity contribution in [2.24, 2.45) is 0 Å². The van der Waals surface area contributed by atoms with Crippen LogP contribution in [0.4, 0.5) is 4.39 Å². The van der Waals surface area contributed by atoms with Crippen molar-refractivity contribution in [3.8, 4) is 0 Å². The van der Waals surface area contributed by atoms with Crippen LogP contribution in [-0.2, 0) is 17.8 Å². The molecule has 5 rings (SSSR count). The zero-order valence-corrected chi connectivity index (χ0v) is 19.4. The Labute approximate surface area is 195 Å². The van der Waals surface area contributed by atoms with E-state index in [9.17, 15) is 9.18 Å². The molecule has 1 aromatic heterocycles. The largest absolute Gasteiger partial charge is 0.361 e. The van der Waals surface area contributed by atoms with Crippen molar-refractivity contribution in [3.63, 3.8) is 0 Å². The smallest absolute Gasteiger partial charge is 0.222 e. The first-order chi connectivity index (χ1) is 16.1. The number of likely N-dealkylation sites (tertiary alicyclic amines) is 2. The summed E-state index contributed by atoms with van der Waals surface area (Å²) in [6, 6.07) is 15.3. The molecule has 2 fully saturated rings. The fourth-order valence-corrected chi connectivity index (χ4v) is 6.02. The Morgan fingerprint density at radius 2 is 1.85 bits per heavy atom. The van der Waals surface area contributed by atoms with Gasteiger partial charge in [-0.15, -0.1) is 0 Å². The van der Waals surface area contributed by atoms with Gasteiger partial charge in [0.05, 0.1) is 0 Å². The van der Waals surface area contributed by atoms with Crippen LogP contribution in [0.2, 0.25) is 0 Å². The minimum Gasteiger partial charge on any atom is -0.361 e. The van der Waals surface area contributed by atoms with Crippen molar-refractivity contribution < 1.29 is 9.18 Å². The molecule has 0 radical (unpaired) electrons. The number of fused-ring (bicyclic) bond motifs is 1. The van der Waals surface area contributed by atoms with E-state index in [0.717, 1.165) is 69.4 Å². The topological polar surface area (TPSA) is 39.3 Å². The van der Waals surface area contributed by atoms with E-state index < -0.39 is 0 Å². The molecule has 4 nitrogen and oxygen atoms in total. The molecule has 174 valence electrons. The van der Waals surface area contributed by atoms with Gasteiger partial charge in [0.15, 0.2) is 0 Å². The number of H-pyrrole nitrogens is 1. The summed E-state index contributed by atoms with van der Waals surface area (Å²) < 4.78 is 13.7. The van der Waals surface area contributed by atoms with Crippen LogP contribution in [0.1, 0.15) is 56.1 Å². The number of carbonyl (C=O) groups is 1. The molecule has 0 saturated carbocycles. The SMILES string of the molecule is O=C(CCCc1c[nH]c2ccccc12)N1CCC[C@@]2(CCCN2Cc2cccc(F)c2)CC1. The second-order valence-corrected chi connectivity index (χ2v) is 9.83. The van der Waals surface area contributed by atoms with Gasteiger partial charge < -0.3 is 9.88 Å². The third kappa shape index (κ3) is 4.84. The van der Waals surface area contributed by atoms with Crippen molar-refractivity contribution in [2.75, 3.05) is 19.6 Å². The second kappa shape index (κ2) is 9.68. The maximum atomic E-state index is 13.7. The highest BCUT2D eigenvalue weighted by Crippen LogP contribution is 2.39. The van der Waals surface area contributed by atoms with Gasteiger partial charge in [-0.2, -0.15) is 0 Å². The minimum atomic E-state index is -0.161. The van der Waals surface area contributed by atoms with Gasteiger partial charge in [0, 0.05) is 48.7 Å². The molecule has 3 heterocycles. The van der Waals surface area contributed by atoms with Gasteiger partial charge in [-0.1, -0.05) is 30.3 Å². The van der Waals surface area contributed by atoms with Crippen LogP contribution in [0, 0.1) is 5.82 Å². The number of hydrogen-bond acceptors (Lipinski definition) is 2. The van der Waals surface area contributed by atoms with E-state index in [0.29, 0.717) is 12.3 Å². The Hall–Kier alpha value is -2.66. The average Bonchev–Trinajstić information content (AvgIpc) is 3.32. The van der Waals surface area contributed by atoms with Crippen LogP contribution in [0.3, 0.4) is 0 Å². The van der Waals surface area contributed by atoms with Gasteiger partial charge in [0.1, 0.15) is 5.82 Å². The fourth-order valence-electron chi connectivity index (χ4n) is 6.02. The number of benzene rings is 2. The van der Waals surface area contributed by atoms with Crippen molar-refractivity contribution >= 4 is 16.8 Å². The van der Waals surface area contributed by atoms with E-state index in [-0.39, 0.29) is 11.4 Å². The fraction of sp³-hybridized carbons (Fsp3) is 0.464. The lowest BCUT2D eigenvalue weighted by molar-refractivity contribution is -0.131. The first kappa shape index (κ1) is 22.1. The number of rotatable bonds is 6. The van der Waals surface area contributed by atoms with Crippen LogP contribution >= 0.6 is 0 Å². The summed E-state index contributed by atoms with van der Waals surface area (Å²) in [7, 11) is 0. The molecule has 1 N–H and O–H groups in total. The maximum Gasteiger partial charge on any atom is 0.222 e. The Morgan fingerprint density at radius 1 is 1.00 bits per heavy atom. The molecule has 2 saturated heterocycles. The molecule has 1 spiro atoms. The number of amides is 1. The van der Waals surface area contributed by atoms with Crippen LogP contribution < -0.4 is 0 Å². The molecule has 1 amide bonds. The van der Waals surface area contributed by atoms with Gasteiger partial charge in [-0.25, -0.2) is 4.39 Å². The number of para-hydroxylation sites is 1. The maximum absolute atomic E-state index is 13.7. The van der Waals surface area contributed by atoms with Crippen LogP contribution in [0.5, 0.6) is 0 Å². The van der Waals surface area contributed by atoms with Gasteiger partial charge in [0.25, 0.3) is 0 Å². The van der Waals surface area contributed by atoms with E-state index >= 15 is 0 Å². The Morgan fingerprint density at radius 3 is 2.73 bits per heavy atom. The predicted molar refractivity (Wildman–Crippen MR) is 130 cm³/mol. The molecule has 0 aliphatic carbocycles. The number of halogens is 1. The number of carbonyl (C=O) groups excluding carboxylic acids is 1. The molecule has 0 unspecified atom stereocenters. The first-order valence-corrected chi connectivity index (χ1v) is 12.5. The third-order valence-electron chi connectivity index (χ3n) is 7.79. The molecular weight excluding hydrogens is 413 g/mol. The van der Waals surface area contributed by atoms with E-state index in [2.05, 4.69) is 39.2 Å². The van der Waals surface area contributed by atoms with Crippen molar-refractivity contribution in [1.82, 2.24) is 14.8 Å². The number of hydrogen-bond donors (Lipinski definition) is 1. The summed E-state index contributed by atoms with van der Waals surface area (Å²) in [4.78, 5) is 21.0. The molecule has 0 bridgehead atoms. The lowest BCUT2D eigenvalue weighted by Crippen LogP contribution is -2.44. The van der Waals surface area contributed by atoms with Crippen molar-refractivity contribution in [1.29, 1.82) is 0 Å². The van der Waals surface area contributed by atoms with Crippen molar-refractivity contribution in [3.05, 3.63) is 71.7 Å². The Kier molecular flexibility index (Phi) is 6.50. The summed E-state index contributed by atoms with van der Waals surface area (Å²) in [5.74, 6) is 0.132. The van der Waals surface area contributed by atoms with Crippen LogP contribution in [0.25, 0.3) is 10.9 Å². The summed E-state index contributed by atoms with van der Waals surface area (Å²) in [6.45, 7) is 3.57. The lowest BCUT2D eigenvalue weighted by atomic mass is 9.87. The normalized spacial score (nSPS) is 21.7. The van der Waals surface area contributed by atoms with E-state index in [1.54, 1.807) is 12.1 Å². The second-order valence-electron chi connectivity index (χ2n) is 9.83. The summed E-state index contributed by atoms with van der Waals surface area (Å²) in [6.07, 6.45) is 10.1. The zero-order chi connectivity index (χ0) is 22.7. The van der Waals surface area contributed by atoms with Gasteiger partial charge >= 0.3 is 0 Å². The van der Waals surface area contributed by atoms with E-state index in [4.69, 9.17) is 0 Å². The van der Waals surface area contributed by atoms with Crippen LogP contribution in [0.15, 0.2) is 54.7 Å². The van der Waals surface area contributed by atoms with E-state index in [1.807, 2.05) is 12.1 Å². The molecule has 2 aliphatic rings. The van der Waals surface area contributed by atoms with Gasteiger partial charge in [-0.3, -0.25) is 9.69 Å². The number of nitrogens with one attached hydrogen (secondary N) is 1. The highest BCUT2D eigenvalue weighted by atomic mass is 19.1. The quantitative estimate of drug-likeness (QED) is 0.528. The lowest BCUT2D eigenvalue weighted by Gasteiger charge is -2.38. The highest BCUT2D eigenvalue weighted by molar-refractivity contribution is 5.83. The number of nitrogens with zero attached hydrogens (tertiary/aromatic N) is 2. The number of aromatic amines is 1. The minimum absolute atomic E-state index is 0.158. The Bertz CT molecular complexity index is 1110. The molecule has 3 aromatic rings. The summed E-state index contributed by atoms with van der Waals surface area (Å²) in [5, 5.41) is 1.27. The summed E-state index contributed by atoms with van der Waals surface area (Å²) >= 11 is 0. The molecular formula is C28H34FN3O. The predicted octanol–water partition coefficient (Wildman–Crippen LogP) is 5.68. The molecule has 1 atom stereocenters. The van der Waals surface area contributed by atoms with Gasteiger partial charge in [-0.05, 0) is 80.8 Å². The number of aryl methyl sites for hydroxylation is 1. The third-order valence-corrected chi connectivity index (χ3v) is 7.79. The van der Waals surface area contributed by atoms with Crippen LogP contribution in [-0.4, -0.2) is 45.9 Å². The van der Waals surface area contributed by atoms with E-state index in [1.165, 1.54) is 29.9 Å². The zero-order valence-electron chi connectivity index (χ0n) is 19.4. The Balaban J connectivity index is 1.16. The first-order valence-electron chi connectivity index (χ1n) is 12.5. The average molecular weight is 448 g/mol. The van der Waals surface area contributed by atoms with Crippen molar-refractivity contribution in [2.45, 2.75) is 63.5 Å². The molecule has 2 aliphatic heterocycles. The molecule has 33 heavy (non-hydrogen) atoms. The summed E-state index contributed by atoms with van der Waals surface area (Å²) in [5.41, 5.74) is 3.67. The standard InChI is InChI=1S/C28H34FN3O/c29-24-9-3-7-22(19-24)21-32-17-6-14-28(32)13-5-16-31(18-15-28)27(33)12-4-8-23-20-30-26-11-2-1-10-25(23)26/h1-3,7,9-11,19-20,30H,4-6,8,12-18,21H2/t28-/m1/s1. The van der Waals surface area contributed by atoms with Gasteiger partial charge in [0.2, 0.25) is 5.91 Å². The molecule has 2 aromatic carbocycles. The molecule has 5 heteroatoms. The highest BCUT2D eigenvalue weighted by Gasteiger charge is 2.41. The number of aromatic nitrogens is 1.